The van der Waals surface area contributed by atoms with Crippen LogP contribution in [-0.4, -0.2) is 5.91 Å². The summed E-state index contributed by atoms with van der Waals surface area (Å²) in [6.07, 6.45) is 1.03. The van der Waals surface area contributed by atoms with E-state index in [0.29, 0.717) is 12.8 Å². The average Bonchev–Trinajstić information content (AvgIpc) is 2.36. The minimum absolute atomic E-state index is 0.214. The molecule has 0 bridgehead atoms. The van der Waals surface area contributed by atoms with Gasteiger partial charge < -0.3 is 5.32 Å². The van der Waals surface area contributed by atoms with E-state index >= 15 is 0 Å². The predicted molar refractivity (Wildman–Crippen MR) is 80.9 cm³/mol. The third-order valence-corrected chi connectivity index (χ3v) is 4.05. The lowest BCUT2D eigenvalue weighted by molar-refractivity contribution is -0.123. The number of nitriles is 1. The van der Waals surface area contributed by atoms with E-state index in [9.17, 15) is 10.1 Å². The van der Waals surface area contributed by atoms with Gasteiger partial charge in [0.2, 0.25) is 5.91 Å². The van der Waals surface area contributed by atoms with Crippen molar-refractivity contribution in [2.24, 2.45) is 5.41 Å². The monoisotopic (exact) mass is 322 g/mol. The van der Waals surface area contributed by atoms with E-state index in [4.69, 9.17) is 0 Å². The number of nitrogens with zero attached hydrogens (tertiary/aromatic N) is 1. The Bertz CT molecular complexity index is 504. The summed E-state index contributed by atoms with van der Waals surface area (Å²) in [6.45, 7) is 7.62. The van der Waals surface area contributed by atoms with Gasteiger partial charge in [-0.2, -0.15) is 5.26 Å². The van der Waals surface area contributed by atoms with Gasteiger partial charge in [-0.05, 0) is 49.9 Å². The van der Waals surface area contributed by atoms with E-state index < -0.39 is 5.41 Å². The number of hydrogen-bond donors (Lipinski definition) is 1. The van der Waals surface area contributed by atoms with Crippen LogP contribution in [0.15, 0.2) is 16.6 Å². The zero-order chi connectivity index (χ0) is 14.6. The number of amides is 1. The molecule has 1 aromatic carbocycles. The summed E-state index contributed by atoms with van der Waals surface area (Å²) >= 11 is 3.43. The van der Waals surface area contributed by atoms with Crippen LogP contribution < -0.4 is 5.32 Å². The fourth-order valence-corrected chi connectivity index (χ4v) is 2.81. The highest BCUT2D eigenvalue weighted by atomic mass is 79.9. The maximum absolute atomic E-state index is 12.4. The molecule has 0 spiro atoms. The molecule has 0 atom stereocenters. The van der Waals surface area contributed by atoms with Gasteiger partial charge in [-0.25, -0.2) is 0 Å². The van der Waals surface area contributed by atoms with Crippen LogP contribution in [0.25, 0.3) is 0 Å². The third-order valence-electron chi connectivity index (χ3n) is 3.59. The molecule has 3 nitrogen and oxygen atoms in total. The van der Waals surface area contributed by atoms with Gasteiger partial charge in [-0.1, -0.05) is 29.8 Å². The van der Waals surface area contributed by atoms with E-state index in [1.807, 2.05) is 39.8 Å². The minimum Gasteiger partial charge on any atom is -0.324 e. The van der Waals surface area contributed by atoms with Crippen molar-refractivity contribution in [1.29, 1.82) is 5.26 Å². The van der Waals surface area contributed by atoms with Crippen LogP contribution in [0.1, 0.15) is 37.8 Å². The minimum atomic E-state index is -0.939. The van der Waals surface area contributed by atoms with E-state index in [2.05, 4.69) is 27.3 Å². The Morgan fingerprint density at radius 2 is 1.79 bits per heavy atom. The van der Waals surface area contributed by atoms with Crippen molar-refractivity contribution < 1.29 is 4.79 Å². The summed E-state index contributed by atoms with van der Waals surface area (Å²) in [7, 11) is 0. The van der Waals surface area contributed by atoms with E-state index in [0.717, 1.165) is 21.3 Å². The summed E-state index contributed by atoms with van der Waals surface area (Å²) in [6, 6.07) is 6.07. The standard InChI is InChI=1S/C15H19BrN2O/c1-5-15(6-2,9-17)14(19)18-13-10(3)7-12(16)8-11(13)4/h7-8H,5-6H2,1-4H3,(H,18,19). The molecule has 0 saturated carbocycles. The summed E-state index contributed by atoms with van der Waals surface area (Å²) in [4.78, 5) is 12.4. The second-order valence-corrected chi connectivity index (χ2v) is 5.69. The second kappa shape index (κ2) is 6.21. The Hall–Kier alpha value is -1.34. The fourth-order valence-electron chi connectivity index (χ4n) is 2.12. The van der Waals surface area contributed by atoms with Crippen molar-refractivity contribution in [1.82, 2.24) is 0 Å². The fraction of sp³-hybridized carbons (Fsp3) is 0.467. The Kier molecular flexibility index (Phi) is 5.13. The molecule has 1 rings (SSSR count). The van der Waals surface area contributed by atoms with Gasteiger partial charge >= 0.3 is 0 Å². The van der Waals surface area contributed by atoms with Crippen molar-refractivity contribution in [2.75, 3.05) is 5.32 Å². The van der Waals surface area contributed by atoms with Gasteiger partial charge in [-0.15, -0.1) is 0 Å². The normalized spacial score (nSPS) is 10.9. The first-order valence-electron chi connectivity index (χ1n) is 6.39. The molecule has 0 aromatic heterocycles. The molecular formula is C15H19BrN2O. The first-order valence-corrected chi connectivity index (χ1v) is 7.19. The van der Waals surface area contributed by atoms with Crippen LogP contribution in [0.3, 0.4) is 0 Å². The lowest BCUT2D eigenvalue weighted by Crippen LogP contribution is -2.34. The highest BCUT2D eigenvalue weighted by molar-refractivity contribution is 9.10. The Balaban J connectivity index is 3.11. The number of carbonyl (C=O) groups is 1. The molecule has 1 aromatic rings. The number of benzene rings is 1. The van der Waals surface area contributed by atoms with Gasteiger partial charge in [-0.3, -0.25) is 4.79 Å². The van der Waals surface area contributed by atoms with Gasteiger partial charge in [0, 0.05) is 10.2 Å². The number of hydrogen-bond acceptors (Lipinski definition) is 2. The van der Waals surface area contributed by atoms with Gasteiger partial charge in [0.25, 0.3) is 0 Å². The van der Waals surface area contributed by atoms with Crippen molar-refractivity contribution in [3.05, 3.63) is 27.7 Å². The molecule has 19 heavy (non-hydrogen) atoms. The summed E-state index contributed by atoms with van der Waals surface area (Å²) in [5.74, 6) is -0.214. The highest BCUT2D eigenvalue weighted by Crippen LogP contribution is 2.30. The number of anilines is 1. The molecule has 4 heteroatoms. The van der Waals surface area contributed by atoms with Crippen LogP contribution in [-0.2, 0) is 4.79 Å². The van der Waals surface area contributed by atoms with E-state index in [1.54, 1.807) is 0 Å². The van der Waals surface area contributed by atoms with E-state index in [-0.39, 0.29) is 5.91 Å². The summed E-state index contributed by atoms with van der Waals surface area (Å²) in [5.41, 5.74) is 1.83. The van der Waals surface area contributed by atoms with Crippen LogP contribution in [0.2, 0.25) is 0 Å². The molecular weight excluding hydrogens is 304 g/mol. The third kappa shape index (κ3) is 3.16. The highest BCUT2D eigenvalue weighted by Gasteiger charge is 2.35. The Labute approximate surface area is 123 Å². The van der Waals surface area contributed by atoms with Crippen molar-refractivity contribution in [3.63, 3.8) is 0 Å². The number of carbonyl (C=O) groups excluding carboxylic acids is 1. The van der Waals surface area contributed by atoms with Crippen molar-refractivity contribution in [3.8, 4) is 6.07 Å². The molecule has 1 amide bonds. The molecule has 102 valence electrons. The molecule has 0 aliphatic heterocycles. The molecule has 0 fully saturated rings. The van der Waals surface area contributed by atoms with Gasteiger partial charge in [0.15, 0.2) is 0 Å². The molecule has 0 aliphatic carbocycles. The van der Waals surface area contributed by atoms with Crippen LogP contribution in [0.5, 0.6) is 0 Å². The lowest BCUT2D eigenvalue weighted by Gasteiger charge is -2.23. The summed E-state index contributed by atoms with van der Waals surface area (Å²) < 4.78 is 0.984. The molecule has 0 radical (unpaired) electrons. The SMILES string of the molecule is CCC(C#N)(CC)C(=O)Nc1c(C)cc(Br)cc1C. The zero-order valence-electron chi connectivity index (χ0n) is 11.8. The molecule has 0 unspecified atom stereocenters. The van der Waals surface area contributed by atoms with E-state index in [1.165, 1.54) is 0 Å². The van der Waals surface area contributed by atoms with Gasteiger partial charge in [0.1, 0.15) is 5.41 Å². The zero-order valence-corrected chi connectivity index (χ0v) is 13.4. The largest absolute Gasteiger partial charge is 0.324 e. The molecule has 0 aliphatic rings. The van der Waals surface area contributed by atoms with Crippen LogP contribution in [0.4, 0.5) is 5.69 Å². The van der Waals surface area contributed by atoms with Crippen LogP contribution >= 0.6 is 15.9 Å². The Morgan fingerprint density at radius 1 is 1.32 bits per heavy atom. The number of halogens is 1. The molecule has 1 N–H and O–H groups in total. The van der Waals surface area contributed by atoms with Crippen molar-refractivity contribution in [2.45, 2.75) is 40.5 Å². The summed E-state index contributed by atoms with van der Waals surface area (Å²) in [5, 5.41) is 12.2. The maximum Gasteiger partial charge on any atom is 0.244 e. The first kappa shape index (κ1) is 15.7. The quantitative estimate of drug-likeness (QED) is 0.896. The van der Waals surface area contributed by atoms with Gasteiger partial charge in [0.05, 0.1) is 6.07 Å². The maximum atomic E-state index is 12.4. The molecule has 0 heterocycles. The number of rotatable bonds is 4. The van der Waals surface area contributed by atoms with Crippen LogP contribution in [0, 0.1) is 30.6 Å². The first-order chi connectivity index (χ1) is 8.90. The number of aryl methyl sites for hydroxylation is 2. The second-order valence-electron chi connectivity index (χ2n) is 4.77. The number of nitrogens with one attached hydrogen (secondary N) is 1. The smallest absolute Gasteiger partial charge is 0.244 e. The van der Waals surface area contributed by atoms with Crippen molar-refractivity contribution >= 4 is 27.5 Å². The average molecular weight is 323 g/mol. The Morgan fingerprint density at radius 3 is 2.16 bits per heavy atom. The predicted octanol–water partition coefficient (Wildman–Crippen LogP) is 4.33. The molecule has 0 saturated heterocycles. The topological polar surface area (TPSA) is 52.9 Å². The lowest BCUT2D eigenvalue weighted by atomic mass is 9.83.